The molecule has 0 saturated carbocycles. The highest BCUT2D eigenvalue weighted by molar-refractivity contribution is 5.82. The Labute approximate surface area is 163 Å². The predicted molar refractivity (Wildman–Crippen MR) is 103 cm³/mol. The Balaban J connectivity index is 1.44. The Kier molecular flexibility index (Phi) is 5.51. The van der Waals surface area contributed by atoms with Crippen molar-refractivity contribution in [2.24, 2.45) is 0 Å². The van der Waals surface area contributed by atoms with Gasteiger partial charge in [0.25, 0.3) is 5.91 Å². The van der Waals surface area contributed by atoms with Crippen molar-refractivity contribution in [1.82, 2.24) is 19.4 Å². The van der Waals surface area contributed by atoms with Crippen molar-refractivity contribution in [3.63, 3.8) is 0 Å². The smallest absolute Gasteiger partial charge is 0.267 e. The highest BCUT2D eigenvalue weighted by atomic mass is 16.6. The molecule has 1 amide bonds. The molecule has 3 aromatic rings. The molecule has 1 unspecified atom stereocenters. The minimum absolute atomic E-state index is 0.0723. The number of ether oxygens (including phenoxy) is 2. The molecule has 1 aliphatic rings. The van der Waals surface area contributed by atoms with Crippen LogP contribution in [0.3, 0.4) is 0 Å². The summed E-state index contributed by atoms with van der Waals surface area (Å²) in [4.78, 5) is 23.1. The molecule has 7 nitrogen and oxygen atoms in total. The summed E-state index contributed by atoms with van der Waals surface area (Å²) in [5.74, 6) is 1.21. The first-order chi connectivity index (χ1) is 13.8. The van der Waals surface area contributed by atoms with E-state index in [0.29, 0.717) is 24.6 Å². The molecule has 1 atom stereocenters. The number of rotatable bonds is 7. The Bertz CT molecular complexity index is 899. The number of aryl methyl sites for hydroxylation is 1. The normalized spacial score (nSPS) is 15.2. The van der Waals surface area contributed by atoms with Crippen LogP contribution in [-0.2, 0) is 17.9 Å². The van der Waals surface area contributed by atoms with E-state index in [1.54, 1.807) is 24.9 Å². The standard InChI is InChI=1S/C21H22N4O3/c26-21(20-15-27-18-4-1-2-5-19(18)28-20)25(14-17-6-8-22-9-7-17)12-3-11-24-13-10-23-16-24/h1-2,4-10,13,16,20H,3,11-12,14-15H2. The van der Waals surface area contributed by atoms with E-state index >= 15 is 0 Å². The molecule has 0 bridgehead atoms. The van der Waals surface area contributed by atoms with E-state index in [2.05, 4.69) is 9.97 Å². The SMILES string of the molecule is O=C(C1COc2ccccc2O1)N(CCCn1ccnc1)Cc1ccncc1. The molecule has 144 valence electrons. The lowest BCUT2D eigenvalue weighted by molar-refractivity contribution is -0.142. The zero-order valence-electron chi connectivity index (χ0n) is 15.5. The maximum atomic E-state index is 13.2. The third kappa shape index (κ3) is 4.31. The minimum Gasteiger partial charge on any atom is -0.485 e. The summed E-state index contributed by atoms with van der Waals surface area (Å²) in [7, 11) is 0. The van der Waals surface area contributed by atoms with Gasteiger partial charge < -0.3 is 18.9 Å². The van der Waals surface area contributed by atoms with Crippen molar-refractivity contribution in [2.45, 2.75) is 25.6 Å². The Morgan fingerprint density at radius 1 is 1.11 bits per heavy atom. The number of hydrogen-bond donors (Lipinski definition) is 0. The second kappa shape index (κ2) is 8.56. The number of para-hydroxylation sites is 2. The molecule has 28 heavy (non-hydrogen) atoms. The van der Waals surface area contributed by atoms with E-state index in [1.807, 2.05) is 52.1 Å². The lowest BCUT2D eigenvalue weighted by atomic mass is 10.2. The topological polar surface area (TPSA) is 69.5 Å². The molecule has 4 rings (SSSR count). The summed E-state index contributed by atoms with van der Waals surface area (Å²) in [5, 5.41) is 0. The van der Waals surface area contributed by atoms with E-state index < -0.39 is 6.10 Å². The molecule has 0 saturated heterocycles. The first-order valence-electron chi connectivity index (χ1n) is 9.31. The fourth-order valence-electron chi connectivity index (χ4n) is 3.18. The van der Waals surface area contributed by atoms with Gasteiger partial charge in [-0.25, -0.2) is 4.98 Å². The van der Waals surface area contributed by atoms with Gasteiger partial charge in [-0.1, -0.05) is 12.1 Å². The van der Waals surface area contributed by atoms with Crippen LogP contribution in [0.5, 0.6) is 11.5 Å². The molecular weight excluding hydrogens is 356 g/mol. The molecule has 3 heterocycles. The average molecular weight is 378 g/mol. The monoisotopic (exact) mass is 378 g/mol. The first-order valence-corrected chi connectivity index (χ1v) is 9.31. The van der Waals surface area contributed by atoms with Gasteiger partial charge in [0.05, 0.1) is 6.33 Å². The van der Waals surface area contributed by atoms with Crippen LogP contribution in [0.4, 0.5) is 0 Å². The van der Waals surface area contributed by atoms with Gasteiger partial charge in [0.1, 0.15) is 6.61 Å². The maximum absolute atomic E-state index is 13.2. The molecule has 1 aliphatic heterocycles. The molecule has 1 aromatic carbocycles. The highest BCUT2D eigenvalue weighted by Gasteiger charge is 2.31. The number of carbonyl (C=O) groups is 1. The van der Waals surface area contributed by atoms with Crippen LogP contribution in [0, 0.1) is 0 Å². The number of pyridine rings is 1. The zero-order valence-corrected chi connectivity index (χ0v) is 15.5. The number of amides is 1. The number of imidazole rings is 1. The lowest BCUT2D eigenvalue weighted by Gasteiger charge is -2.31. The van der Waals surface area contributed by atoms with Gasteiger partial charge in [-0.05, 0) is 36.2 Å². The van der Waals surface area contributed by atoms with Gasteiger partial charge in [-0.15, -0.1) is 0 Å². The van der Waals surface area contributed by atoms with Crippen molar-refractivity contribution in [3.8, 4) is 11.5 Å². The van der Waals surface area contributed by atoms with Crippen molar-refractivity contribution in [2.75, 3.05) is 13.2 Å². The molecule has 0 N–H and O–H groups in total. The van der Waals surface area contributed by atoms with Crippen molar-refractivity contribution < 1.29 is 14.3 Å². The van der Waals surface area contributed by atoms with Crippen LogP contribution in [0.2, 0.25) is 0 Å². The third-order valence-corrected chi connectivity index (χ3v) is 4.62. The molecule has 2 aromatic heterocycles. The van der Waals surface area contributed by atoms with E-state index in [0.717, 1.165) is 18.5 Å². The summed E-state index contributed by atoms with van der Waals surface area (Å²) in [6, 6.07) is 11.3. The van der Waals surface area contributed by atoms with E-state index in [9.17, 15) is 4.79 Å². The van der Waals surface area contributed by atoms with Crippen LogP contribution in [0.15, 0.2) is 67.5 Å². The van der Waals surface area contributed by atoms with E-state index in [1.165, 1.54) is 0 Å². The van der Waals surface area contributed by atoms with Crippen LogP contribution >= 0.6 is 0 Å². The average Bonchev–Trinajstić information content (AvgIpc) is 3.26. The van der Waals surface area contributed by atoms with Crippen LogP contribution < -0.4 is 9.47 Å². The number of carbonyl (C=O) groups excluding carboxylic acids is 1. The molecule has 7 heteroatoms. The van der Waals surface area contributed by atoms with Gasteiger partial charge in [0.15, 0.2) is 11.5 Å². The Hall–Kier alpha value is -3.35. The van der Waals surface area contributed by atoms with Gasteiger partial charge in [0, 0.05) is 44.4 Å². The van der Waals surface area contributed by atoms with E-state index in [4.69, 9.17) is 9.47 Å². The minimum atomic E-state index is -0.648. The molecule has 0 fully saturated rings. The van der Waals surface area contributed by atoms with Gasteiger partial charge in [-0.2, -0.15) is 0 Å². The summed E-state index contributed by atoms with van der Waals surface area (Å²) in [5.41, 5.74) is 1.03. The number of benzene rings is 1. The largest absolute Gasteiger partial charge is 0.485 e. The summed E-state index contributed by atoms with van der Waals surface area (Å²) in [6.45, 7) is 2.13. The van der Waals surface area contributed by atoms with Crippen LogP contribution in [0.25, 0.3) is 0 Å². The zero-order chi connectivity index (χ0) is 19.2. The number of aromatic nitrogens is 3. The summed E-state index contributed by atoms with van der Waals surface area (Å²) in [6.07, 6.45) is 9.10. The Morgan fingerprint density at radius 2 is 1.93 bits per heavy atom. The second-order valence-corrected chi connectivity index (χ2v) is 6.63. The first kappa shape index (κ1) is 18.0. The third-order valence-electron chi connectivity index (χ3n) is 4.62. The Morgan fingerprint density at radius 3 is 2.71 bits per heavy atom. The number of fused-ring (bicyclic) bond motifs is 1. The predicted octanol–water partition coefficient (Wildman–Crippen LogP) is 2.54. The van der Waals surface area contributed by atoms with Gasteiger partial charge in [0.2, 0.25) is 6.10 Å². The maximum Gasteiger partial charge on any atom is 0.267 e. The molecular formula is C21H22N4O3. The molecule has 0 spiro atoms. The summed E-state index contributed by atoms with van der Waals surface area (Å²) >= 11 is 0. The molecule has 0 aliphatic carbocycles. The highest BCUT2D eigenvalue weighted by Crippen LogP contribution is 2.31. The lowest BCUT2D eigenvalue weighted by Crippen LogP contribution is -2.46. The van der Waals surface area contributed by atoms with Crippen LogP contribution in [-0.4, -0.2) is 44.6 Å². The van der Waals surface area contributed by atoms with Crippen molar-refractivity contribution >= 4 is 5.91 Å². The fourth-order valence-corrected chi connectivity index (χ4v) is 3.18. The second-order valence-electron chi connectivity index (χ2n) is 6.63. The van der Waals surface area contributed by atoms with Crippen molar-refractivity contribution in [1.29, 1.82) is 0 Å². The fraction of sp³-hybridized carbons (Fsp3) is 0.286. The summed E-state index contributed by atoms with van der Waals surface area (Å²) < 4.78 is 13.7. The van der Waals surface area contributed by atoms with Gasteiger partial charge >= 0.3 is 0 Å². The molecule has 0 radical (unpaired) electrons. The number of hydrogen-bond acceptors (Lipinski definition) is 5. The quantitative estimate of drug-likeness (QED) is 0.632. The van der Waals surface area contributed by atoms with E-state index in [-0.39, 0.29) is 12.5 Å². The number of nitrogens with zero attached hydrogens (tertiary/aromatic N) is 4. The van der Waals surface area contributed by atoms with Crippen LogP contribution in [0.1, 0.15) is 12.0 Å². The van der Waals surface area contributed by atoms with Crippen molar-refractivity contribution in [3.05, 3.63) is 73.1 Å². The van der Waals surface area contributed by atoms with Gasteiger partial charge in [-0.3, -0.25) is 9.78 Å².